The number of carbonyl (C=O) groups is 1. The molecule has 0 aliphatic heterocycles. The second-order valence-electron chi connectivity index (χ2n) is 5.95. The summed E-state index contributed by atoms with van der Waals surface area (Å²) in [5.41, 5.74) is 1.47. The number of hydrogen-bond acceptors (Lipinski definition) is 3. The van der Waals surface area contributed by atoms with Gasteiger partial charge in [0.1, 0.15) is 0 Å². The highest BCUT2D eigenvalue weighted by Gasteiger charge is 2.15. The number of carbonyl (C=O) groups excluding carboxylic acids is 1. The predicted octanol–water partition coefficient (Wildman–Crippen LogP) is 3.60. The van der Waals surface area contributed by atoms with Gasteiger partial charge in [-0.1, -0.05) is 35.9 Å². The predicted molar refractivity (Wildman–Crippen MR) is 100 cm³/mol. The molecular weight excluding hydrogens is 360 g/mol. The fourth-order valence-corrected chi connectivity index (χ4v) is 3.68. The minimum absolute atomic E-state index is 0.147. The van der Waals surface area contributed by atoms with Gasteiger partial charge in [-0.05, 0) is 50.1 Å². The van der Waals surface area contributed by atoms with E-state index in [9.17, 15) is 13.2 Å². The van der Waals surface area contributed by atoms with Crippen LogP contribution in [0.1, 0.15) is 25.8 Å². The van der Waals surface area contributed by atoms with Crippen LogP contribution in [0.3, 0.4) is 0 Å². The molecule has 25 heavy (non-hydrogen) atoms. The average molecular weight is 381 g/mol. The summed E-state index contributed by atoms with van der Waals surface area (Å²) < 4.78 is 26.7. The van der Waals surface area contributed by atoms with E-state index in [4.69, 9.17) is 11.6 Å². The van der Waals surface area contributed by atoms with Crippen molar-refractivity contribution in [1.82, 2.24) is 4.72 Å². The summed E-state index contributed by atoms with van der Waals surface area (Å²) in [5, 5.41) is 3.25. The first kappa shape index (κ1) is 19.4. The number of rotatable bonds is 7. The second kappa shape index (κ2) is 8.47. The lowest BCUT2D eigenvalue weighted by Gasteiger charge is -2.10. The minimum atomic E-state index is -3.50. The highest BCUT2D eigenvalue weighted by atomic mass is 35.5. The Balaban J connectivity index is 1.93. The molecule has 0 heterocycles. The summed E-state index contributed by atoms with van der Waals surface area (Å²) in [6.45, 7) is 3.53. The Morgan fingerprint density at radius 2 is 1.72 bits per heavy atom. The summed E-state index contributed by atoms with van der Waals surface area (Å²) in [5.74, 6) is -0.147. The quantitative estimate of drug-likeness (QED) is 0.770. The maximum atomic E-state index is 12.1. The third-order valence-corrected chi connectivity index (χ3v) is 5.42. The topological polar surface area (TPSA) is 75.3 Å². The van der Waals surface area contributed by atoms with Crippen LogP contribution in [0.15, 0.2) is 53.4 Å². The van der Waals surface area contributed by atoms with Crippen LogP contribution in [0.25, 0.3) is 0 Å². The van der Waals surface area contributed by atoms with Gasteiger partial charge >= 0.3 is 0 Å². The van der Waals surface area contributed by atoms with Crippen LogP contribution in [0.5, 0.6) is 0 Å². The number of hydrogen-bond donors (Lipinski definition) is 2. The average Bonchev–Trinajstić information content (AvgIpc) is 2.54. The Morgan fingerprint density at radius 1 is 1.08 bits per heavy atom. The van der Waals surface area contributed by atoms with E-state index in [-0.39, 0.29) is 23.3 Å². The van der Waals surface area contributed by atoms with Gasteiger partial charge in [0.25, 0.3) is 0 Å². The number of anilines is 1. The molecule has 0 radical (unpaired) electrons. The zero-order chi connectivity index (χ0) is 18.4. The zero-order valence-corrected chi connectivity index (χ0v) is 15.7. The number of amides is 1. The van der Waals surface area contributed by atoms with Crippen molar-refractivity contribution < 1.29 is 13.2 Å². The van der Waals surface area contributed by atoms with E-state index in [0.717, 1.165) is 5.56 Å². The number of aryl methyl sites for hydroxylation is 1. The lowest BCUT2D eigenvalue weighted by atomic mass is 10.1. The largest absolute Gasteiger partial charge is 0.325 e. The van der Waals surface area contributed by atoms with Crippen LogP contribution in [0.4, 0.5) is 5.69 Å². The molecule has 0 saturated heterocycles. The summed E-state index contributed by atoms with van der Waals surface area (Å²) in [4.78, 5) is 12.2. The summed E-state index contributed by atoms with van der Waals surface area (Å²) in [6.07, 6.45) is 0.787. The molecule has 2 aromatic carbocycles. The van der Waals surface area contributed by atoms with Gasteiger partial charge in [0.05, 0.1) is 15.6 Å². The van der Waals surface area contributed by atoms with Crippen molar-refractivity contribution in [2.75, 3.05) is 5.32 Å². The van der Waals surface area contributed by atoms with Crippen molar-refractivity contribution in [3.05, 3.63) is 59.1 Å². The first-order valence-electron chi connectivity index (χ1n) is 7.93. The molecule has 0 aliphatic rings. The third-order valence-electron chi connectivity index (χ3n) is 3.41. The van der Waals surface area contributed by atoms with Crippen LogP contribution < -0.4 is 10.0 Å². The van der Waals surface area contributed by atoms with Crippen molar-refractivity contribution in [2.24, 2.45) is 0 Å². The molecule has 0 aliphatic carbocycles. The Morgan fingerprint density at radius 3 is 2.32 bits per heavy atom. The van der Waals surface area contributed by atoms with Gasteiger partial charge in [-0.15, -0.1) is 0 Å². The summed E-state index contributed by atoms with van der Waals surface area (Å²) >= 11 is 6.00. The Labute approximate surface area is 153 Å². The molecule has 2 aromatic rings. The smallest absolute Gasteiger partial charge is 0.240 e. The van der Waals surface area contributed by atoms with Gasteiger partial charge in [0, 0.05) is 12.5 Å². The number of benzene rings is 2. The lowest BCUT2D eigenvalue weighted by Crippen LogP contribution is -2.30. The van der Waals surface area contributed by atoms with Crippen molar-refractivity contribution in [3.63, 3.8) is 0 Å². The zero-order valence-electron chi connectivity index (χ0n) is 14.1. The van der Waals surface area contributed by atoms with Crippen LogP contribution in [0, 0.1) is 0 Å². The summed E-state index contributed by atoms with van der Waals surface area (Å²) in [6, 6.07) is 13.4. The molecule has 0 spiro atoms. The van der Waals surface area contributed by atoms with Gasteiger partial charge in [-0.25, -0.2) is 13.1 Å². The molecule has 0 bridgehead atoms. The van der Waals surface area contributed by atoms with Crippen molar-refractivity contribution >= 4 is 33.2 Å². The fourth-order valence-electron chi connectivity index (χ4n) is 2.25. The molecule has 1 amide bonds. The molecule has 0 unspecified atom stereocenters. The summed E-state index contributed by atoms with van der Waals surface area (Å²) in [7, 11) is -3.50. The van der Waals surface area contributed by atoms with Gasteiger partial charge < -0.3 is 5.32 Å². The molecule has 0 atom stereocenters. The molecule has 5 nitrogen and oxygen atoms in total. The van der Waals surface area contributed by atoms with Gasteiger partial charge in [-0.3, -0.25) is 4.79 Å². The van der Waals surface area contributed by atoms with Crippen LogP contribution >= 0.6 is 11.6 Å². The van der Waals surface area contributed by atoms with Crippen molar-refractivity contribution in [1.29, 1.82) is 0 Å². The van der Waals surface area contributed by atoms with E-state index in [1.54, 1.807) is 62.4 Å². The standard InChI is InChI=1S/C18H21ClN2O3S/c1-13(2)21-25(23,24)15-10-7-14(8-11-15)9-12-18(22)20-17-6-4-3-5-16(17)19/h3-8,10-11,13,21H,9,12H2,1-2H3,(H,20,22). The van der Waals surface area contributed by atoms with Crippen molar-refractivity contribution in [3.8, 4) is 0 Å². The fraction of sp³-hybridized carbons (Fsp3) is 0.278. The number of para-hydroxylation sites is 1. The number of halogens is 1. The highest BCUT2D eigenvalue weighted by molar-refractivity contribution is 7.89. The molecule has 7 heteroatoms. The molecule has 0 saturated carbocycles. The monoisotopic (exact) mass is 380 g/mol. The first-order valence-corrected chi connectivity index (χ1v) is 9.80. The molecule has 2 N–H and O–H groups in total. The van der Waals surface area contributed by atoms with Crippen LogP contribution in [-0.2, 0) is 21.2 Å². The SMILES string of the molecule is CC(C)NS(=O)(=O)c1ccc(CCC(=O)Nc2ccccc2Cl)cc1. The normalized spacial score (nSPS) is 11.5. The Hall–Kier alpha value is -1.89. The Bertz CT molecular complexity index is 834. The maximum Gasteiger partial charge on any atom is 0.240 e. The number of sulfonamides is 1. The van der Waals surface area contributed by atoms with E-state index in [1.165, 1.54) is 0 Å². The van der Waals surface area contributed by atoms with E-state index in [0.29, 0.717) is 17.1 Å². The maximum absolute atomic E-state index is 12.1. The van der Waals surface area contributed by atoms with E-state index in [2.05, 4.69) is 10.0 Å². The molecule has 0 aromatic heterocycles. The lowest BCUT2D eigenvalue weighted by molar-refractivity contribution is -0.116. The number of nitrogens with one attached hydrogen (secondary N) is 2. The second-order valence-corrected chi connectivity index (χ2v) is 8.07. The van der Waals surface area contributed by atoms with Gasteiger partial charge in [0.2, 0.25) is 15.9 Å². The van der Waals surface area contributed by atoms with Crippen LogP contribution in [-0.4, -0.2) is 20.4 Å². The first-order chi connectivity index (χ1) is 11.8. The van der Waals surface area contributed by atoms with Crippen LogP contribution in [0.2, 0.25) is 5.02 Å². The van der Waals surface area contributed by atoms with Gasteiger partial charge in [0.15, 0.2) is 0 Å². The highest BCUT2D eigenvalue weighted by Crippen LogP contribution is 2.20. The third kappa shape index (κ3) is 5.85. The molecule has 2 rings (SSSR count). The molecule has 134 valence electrons. The van der Waals surface area contributed by atoms with E-state index < -0.39 is 10.0 Å². The molecule has 0 fully saturated rings. The van der Waals surface area contributed by atoms with Crippen molar-refractivity contribution in [2.45, 2.75) is 37.6 Å². The van der Waals surface area contributed by atoms with Gasteiger partial charge in [-0.2, -0.15) is 0 Å². The molecular formula is C18H21ClN2O3S. The Kier molecular flexibility index (Phi) is 6.58. The minimum Gasteiger partial charge on any atom is -0.325 e. The van der Waals surface area contributed by atoms with E-state index in [1.807, 2.05) is 0 Å². The van der Waals surface area contributed by atoms with E-state index >= 15 is 0 Å².